The number of anilines is 1. The molecule has 0 amide bonds. The predicted octanol–water partition coefficient (Wildman–Crippen LogP) is 4.10. The summed E-state index contributed by atoms with van der Waals surface area (Å²) in [6.45, 7) is 0.624. The van der Waals surface area contributed by atoms with E-state index >= 15 is 0 Å². The van der Waals surface area contributed by atoms with Crippen molar-refractivity contribution in [1.82, 2.24) is 0 Å². The van der Waals surface area contributed by atoms with Crippen LogP contribution in [0, 0.1) is 11.3 Å². The summed E-state index contributed by atoms with van der Waals surface area (Å²) in [5.74, 6) is 1.15. The minimum absolute atomic E-state index is 0.262. The molecule has 132 valence electrons. The number of hydrogen-bond acceptors (Lipinski definition) is 4. The van der Waals surface area contributed by atoms with Gasteiger partial charge in [-0.25, -0.2) is 0 Å². The van der Waals surface area contributed by atoms with Gasteiger partial charge in [0.2, 0.25) is 0 Å². The van der Waals surface area contributed by atoms with E-state index in [1.165, 1.54) is 19.2 Å². The Balaban J connectivity index is 2.06. The molecule has 0 bridgehead atoms. The Hall–Kier alpha value is -2.88. The zero-order chi connectivity index (χ0) is 18.4. The van der Waals surface area contributed by atoms with E-state index in [0.29, 0.717) is 23.7 Å². The van der Waals surface area contributed by atoms with Gasteiger partial charge in [-0.2, -0.15) is 18.4 Å². The van der Waals surface area contributed by atoms with Crippen LogP contribution in [0.25, 0.3) is 0 Å². The summed E-state index contributed by atoms with van der Waals surface area (Å²) in [4.78, 5) is 1.63. The molecule has 0 aliphatic carbocycles. The number of ether oxygens (including phenoxy) is 2. The van der Waals surface area contributed by atoms with Crippen LogP contribution in [0.5, 0.6) is 11.5 Å². The molecule has 0 saturated heterocycles. The first-order valence-electron chi connectivity index (χ1n) is 7.45. The van der Waals surface area contributed by atoms with Crippen molar-refractivity contribution in [2.45, 2.75) is 6.18 Å². The molecule has 0 N–H and O–H groups in total. The van der Waals surface area contributed by atoms with Crippen LogP contribution in [-0.4, -0.2) is 27.3 Å². The molecule has 2 rings (SSSR count). The van der Waals surface area contributed by atoms with Crippen molar-refractivity contribution < 1.29 is 22.6 Å². The zero-order valence-corrected chi connectivity index (χ0v) is 13.8. The molecule has 2 aromatic rings. The Kier molecular flexibility index (Phi) is 5.75. The van der Waals surface area contributed by atoms with Crippen molar-refractivity contribution >= 4 is 5.69 Å². The number of para-hydroxylation sites is 2. The third-order valence-electron chi connectivity index (χ3n) is 3.62. The molecule has 0 heterocycles. The van der Waals surface area contributed by atoms with Crippen molar-refractivity contribution in [3.8, 4) is 17.6 Å². The van der Waals surface area contributed by atoms with Gasteiger partial charge in [-0.15, -0.1) is 0 Å². The number of halogens is 3. The van der Waals surface area contributed by atoms with E-state index in [1.54, 1.807) is 36.2 Å². The highest BCUT2D eigenvalue weighted by Gasteiger charge is 2.34. The Morgan fingerprint density at radius 3 is 2.40 bits per heavy atom. The lowest BCUT2D eigenvalue weighted by atomic mass is 10.1. The molecule has 0 atom stereocenters. The van der Waals surface area contributed by atoms with E-state index in [4.69, 9.17) is 14.7 Å². The van der Waals surface area contributed by atoms with Gasteiger partial charge in [0.1, 0.15) is 6.61 Å². The van der Waals surface area contributed by atoms with E-state index in [2.05, 4.69) is 0 Å². The normalized spacial score (nSPS) is 10.9. The Labute approximate surface area is 144 Å². The van der Waals surface area contributed by atoms with Crippen LogP contribution in [0.2, 0.25) is 0 Å². The molecule has 4 nitrogen and oxygen atoms in total. The van der Waals surface area contributed by atoms with E-state index in [0.717, 1.165) is 6.07 Å². The number of benzene rings is 2. The lowest BCUT2D eigenvalue weighted by molar-refractivity contribution is -0.137. The first kappa shape index (κ1) is 18.5. The summed E-state index contributed by atoms with van der Waals surface area (Å²) in [5, 5.41) is 8.83. The predicted molar refractivity (Wildman–Crippen MR) is 87.9 cm³/mol. The second-order valence-corrected chi connectivity index (χ2v) is 5.26. The summed E-state index contributed by atoms with van der Waals surface area (Å²) in [6, 6.07) is 12.3. The lowest BCUT2D eigenvalue weighted by Crippen LogP contribution is -2.24. The minimum atomic E-state index is -4.57. The van der Waals surface area contributed by atoms with Gasteiger partial charge in [0.15, 0.2) is 11.5 Å². The Morgan fingerprint density at radius 1 is 1.12 bits per heavy atom. The number of methoxy groups -OCH3 is 1. The average Bonchev–Trinajstić information content (AvgIpc) is 2.60. The van der Waals surface area contributed by atoms with Gasteiger partial charge in [0, 0.05) is 12.7 Å². The largest absolute Gasteiger partial charge is 0.493 e. The van der Waals surface area contributed by atoms with Crippen LogP contribution >= 0.6 is 0 Å². The molecule has 0 saturated carbocycles. The van der Waals surface area contributed by atoms with Crippen molar-refractivity contribution in [3.63, 3.8) is 0 Å². The summed E-state index contributed by atoms with van der Waals surface area (Å²) in [6.07, 6.45) is -4.57. The molecule has 0 spiro atoms. The smallest absolute Gasteiger partial charge is 0.417 e. The fourth-order valence-electron chi connectivity index (χ4n) is 2.26. The maximum absolute atomic E-state index is 13.0. The standard InChI is InChI=1S/C18H17F3N2O2/c1-23(9-10-25-17-6-4-3-5-16(17)24-2)14-8-7-13(12-22)15(11-14)18(19,20)21/h3-8,11H,9-10H2,1-2H3. The van der Waals surface area contributed by atoms with Gasteiger partial charge in [0.25, 0.3) is 0 Å². The van der Waals surface area contributed by atoms with Crippen LogP contribution < -0.4 is 14.4 Å². The number of nitrogens with zero attached hydrogens (tertiary/aromatic N) is 2. The summed E-state index contributed by atoms with van der Waals surface area (Å²) in [5.41, 5.74) is -0.977. The number of hydrogen-bond donors (Lipinski definition) is 0. The fourth-order valence-corrected chi connectivity index (χ4v) is 2.26. The SMILES string of the molecule is COc1ccccc1OCCN(C)c1ccc(C#N)c(C(F)(F)F)c1. The van der Waals surface area contributed by atoms with Crippen LogP contribution in [-0.2, 0) is 6.18 Å². The van der Waals surface area contributed by atoms with Crippen LogP contribution in [0.15, 0.2) is 42.5 Å². The van der Waals surface area contributed by atoms with Gasteiger partial charge >= 0.3 is 6.18 Å². The van der Waals surface area contributed by atoms with Crippen molar-refractivity contribution in [3.05, 3.63) is 53.6 Å². The van der Waals surface area contributed by atoms with Gasteiger partial charge in [-0.3, -0.25) is 0 Å². The van der Waals surface area contributed by atoms with Crippen molar-refractivity contribution in [2.24, 2.45) is 0 Å². The summed E-state index contributed by atoms with van der Waals surface area (Å²) < 4.78 is 49.9. The van der Waals surface area contributed by atoms with E-state index in [1.807, 2.05) is 6.07 Å². The van der Waals surface area contributed by atoms with Crippen molar-refractivity contribution in [1.29, 1.82) is 5.26 Å². The quantitative estimate of drug-likeness (QED) is 0.787. The number of nitriles is 1. The molecular formula is C18H17F3N2O2. The first-order valence-corrected chi connectivity index (χ1v) is 7.45. The highest BCUT2D eigenvalue weighted by molar-refractivity contribution is 5.54. The molecule has 0 aromatic heterocycles. The van der Waals surface area contributed by atoms with Crippen LogP contribution in [0.3, 0.4) is 0 Å². The molecule has 0 radical (unpaired) electrons. The molecule has 0 fully saturated rings. The van der Waals surface area contributed by atoms with Crippen LogP contribution in [0.4, 0.5) is 18.9 Å². The van der Waals surface area contributed by atoms with E-state index in [9.17, 15) is 13.2 Å². The molecule has 0 aliphatic heterocycles. The number of rotatable bonds is 6. The molecule has 0 unspecified atom stereocenters. The third kappa shape index (κ3) is 4.57. The third-order valence-corrected chi connectivity index (χ3v) is 3.62. The number of likely N-dealkylation sites (N-methyl/N-ethyl adjacent to an activating group) is 1. The first-order chi connectivity index (χ1) is 11.9. The Morgan fingerprint density at radius 2 is 1.80 bits per heavy atom. The van der Waals surface area contributed by atoms with Crippen LogP contribution in [0.1, 0.15) is 11.1 Å². The Bertz CT molecular complexity index is 770. The maximum atomic E-state index is 13.0. The van der Waals surface area contributed by atoms with Gasteiger partial charge < -0.3 is 14.4 Å². The monoisotopic (exact) mass is 350 g/mol. The summed E-state index contributed by atoms with van der Waals surface area (Å²) >= 11 is 0. The van der Waals surface area contributed by atoms with E-state index in [-0.39, 0.29) is 6.61 Å². The topological polar surface area (TPSA) is 45.5 Å². The zero-order valence-electron chi connectivity index (χ0n) is 13.8. The maximum Gasteiger partial charge on any atom is 0.417 e. The molecule has 25 heavy (non-hydrogen) atoms. The van der Waals surface area contributed by atoms with Gasteiger partial charge in [-0.1, -0.05) is 12.1 Å². The molecule has 0 aliphatic rings. The van der Waals surface area contributed by atoms with Gasteiger partial charge in [0.05, 0.1) is 30.9 Å². The molecule has 7 heteroatoms. The second-order valence-electron chi connectivity index (χ2n) is 5.26. The van der Waals surface area contributed by atoms with Gasteiger partial charge in [-0.05, 0) is 30.3 Å². The molecule has 2 aromatic carbocycles. The minimum Gasteiger partial charge on any atom is -0.493 e. The molecular weight excluding hydrogens is 333 g/mol. The fraction of sp³-hybridized carbons (Fsp3) is 0.278. The lowest BCUT2D eigenvalue weighted by Gasteiger charge is -2.21. The second kappa shape index (κ2) is 7.79. The summed E-state index contributed by atoms with van der Waals surface area (Å²) in [7, 11) is 3.19. The number of alkyl halides is 3. The van der Waals surface area contributed by atoms with Crippen molar-refractivity contribution in [2.75, 3.05) is 32.2 Å². The van der Waals surface area contributed by atoms with E-state index < -0.39 is 17.3 Å². The average molecular weight is 350 g/mol. The highest BCUT2D eigenvalue weighted by atomic mass is 19.4. The highest BCUT2D eigenvalue weighted by Crippen LogP contribution is 2.34.